The molecule has 4 heterocycles. The fourth-order valence-electron chi connectivity index (χ4n) is 6.43. The van der Waals surface area contributed by atoms with E-state index in [0.717, 1.165) is 61.4 Å². The Morgan fingerprint density at radius 3 is 2.56 bits per heavy atom. The first-order chi connectivity index (χ1) is 18.9. The summed E-state index contributed by atoms with van der Waals surface area (Å²) >= 11 is 13.0. The zero-order valence-corrected chi connectivity index (χ0v) is 23.0. The molecule has 0 bridgehead atoms. The zero-order valence-electron chi connectivity index (χ0n) is 21.4. The van der Waals surface area contributed by atoms with Gasteiger partial charge in [0.15, 0.2) is 0 Å². The summed E-state index contributed by atoms with van der Waals surface area (Å²) in [5.41, 5.74) is 3.51. The highest BCUT2D eigenvalue weighted by atomic mass is 35.5. The van der Waals surface area contributed by atoms with Gasteiger partial charge < -0.3 is 23.8 Å². The lowest BCUT2D eigenvalue weighted by atomic mass is 10.0. The first-order valence-electron chi connectivity index (χ1n) is 13.3. The van der Waals surface area contributed by atoms with Crippen molar-refractivity contribution in [3.63, 3.8) is 0 Å². The minimum absolute atomic E-state index is 0.167. The number of rotatable bonds is 7. The number of aromatic nitrogens is 3. The van der Waals surface area contributed by atoms with Crippen LogP contribution in [-0.2, 0) is 18.4 Å². The highest BCUT2D eigenvalue weighted by Gasteiger charge is 2.42. The van der Waals surface area contributed by atoms with Gasteiger partial charge in [0.2, 0.25) is 0 Å². The Morgan fingerprint density at radius 2 is 1.90 bits per heavy atom. The predicted octanol–water partition coefficient (Wildman–Crippen LogP) is 6.54. The highest BCUT2D eigenvalue weighted by molar-refractivity contribution is 6.39. The molecule has 1 aromatic carbocycles. The first-order valence-corrected chi connectivity index (χ1v) is 14.1. The normalized spacial score (nSPS) is 22.6. The second-order valence-corrected chi connectivity index (χ2v) is 11.9. The maximum atomic E-state index is 11.6. The van der Waals surface area contributed by atoms with Crippen LogP contribution in [0.1, 0.15) is 53.3 Å². The molecule has 8 nitrogen and oxygen atoms in total. The fraction of sp³-hybridized carbons (Fsp3) is 0.414. The van der Waals surface area contributed by atoms with Crippen LogP contribution in [0.25, 0.3) is 22.2 Å². The lowest BCUT2D eigenvalue weighted by Crippen LogP contribution is -2.24. The monoisotopic (exact) mass is 566 g/mol. The molecule has 0 radical (unpaired) electrons. The summed E-state index contributed by atoms with van der Waals surface area (Å²) in [5, 5.41) is 15.6. The largest absolute Gasteiger partial charge is 0.478 e. The van der Waals surface area contributed by atoms with Gasteiger partial charge in [-0.25, -0.2) is 9.78 Å². The SMILES string of the molecule is Cn1cc(C(=O)O)c2cnc(N3C[C@H]4CC(OCc5c(-c6c(Cl)cccc6Cl)noc5C5CC5)C[C@H]4C3)cc21. The molecule has 3 atom stereocenters. The van der Waals surface area contributed by atoms with E-state index in [-0.39, 0.29) is 11.7 Å². The molecule has 2 aliphatic carbocycles. The molecular formula is C29H28Cl2N4O4. The van der Waals surface area contributed by atoms with Crippen LogP contribution in [0.5, 0.6) is 0 Å². The van der Waals surface area contributed by atoms with Crippen LogP contribution in [0.4, 0.5) is 5.82 Å². The molecule has 10 heteroatoms. The number of anilines is 1. The summed E-state index contributed by atoms with van der Waals surface area (Å²) < 4.78 is 14.2. The van der Waals surface area contributed by atoms with Gasteiger partial charge in [-0.15, -0.1) is 0 Å². The van der Waals surface area contributed by atoms with Crippen molar-refractivity contribution in [2.24, 2.45) is 18.9 Å². The van der Waals surface area contributed by atoms with Crippen molar-refractivity contribution >= 4 is 45.9 Å². The molecule has 4 aromatic rings. The molecule has 2 saturated carbocycles. The molecule has 3 fully saturated rings. The number of aromatic carboxylic acids is 1. The minimum atomic E-state index is -0.936. The van der Waals surface area contributed by atoms with E-state index < -0.39 is 5.97 Å². The van der Waals surface area contributed by atoms with Crippen LogP contribution in [-0.4, -0.2) is 45.0 Å². The molecule has 0 spiro atoms. The molecule has 1 aliphatic heterocycles. The third kappa shape index (κ3) is 4.39. The van der Waals surface area contributed by atoms with E-state index in [4.69, 9.17) is 32.5 Å². The standard InChI is InChI=1S/C29H28Cl2N4O4/c1-34-13-20(29(36)37)19-10-32-25(9-24(19)34)35-11-16-7-18(8-17(16)12-35)38-14-21-27(33-39-28(21)15-5-6-15)26-22(30)3-2-4-23(26)31/h2-4,9-10,13,15-18H,5-8,11-12,14H2,1H3,(H,36,37)/t16-,17+,18?. The van der Waals surface area contributed by atoms with E-state index in [9.17, 15) is 9.90 Å². The topological polar surface area (TPSA) is 93.6 Å². The highest BCUT2D eigenvalue weighted by Crippen LogP contribution is 2.47. The maximum absolute atomic E-state index is 11.6. The number of carboxylic acid groups (broad SMARTS) is 1. The van der Waals surface area contributed by atoms with Crippen molar-refractivity contribution in [3.8, 4) is 11.3 Å². The number of hydrogen-bond donors (Lipinski definition) is 1. The van der Waals surface area contributed by atoms with Gasteiger partial charge in [-0.2, -0.15) is 0 Å². The summed E-state index contributed by atoms with van der Waals surface area (Å²) in [6.45, 7) is 2.26. The summed E-state index contributed by atoms with van der Waals surface area (Å²) in [7, 11) is 1.87. The quantitative estimate of drug-likeness (QED) is 0.271. The van der Waals surface area contributed by atoms with E-state index in [1.807, 2.05) is 35.9 Å². The summed E-state index contributed by atoms with van der Waals surface area (Å²) in [5.74, 6) is 2.31. The number of hydrogen-bond acceptors (Lipinski definition) is 6. The van der Waals surface area contributed by atoms with Crippen molar-refractivity contribution in [3.05, 3.63) is 63.6 Å². The van der Waals surface area contributed by atoms with Crippen LogP contribution < -0.4 is 4.90 Å². The molecule has 1 N–H and O–H groups in total. The molecule has 202 valence electrons. The molecule has 0 amide bonds. The maximum Gasteiger partial charge on any atom is 0.337 e. The molecule has 3 aliphatic rings. The van der Waals surface area contributed by atoms with Gasteiger partial charge in [0.05, 0.1) is 33.8 Å². The van der Waals surface area contributed by atoms with Gasteiger partial charge in [-0.1, -0.05) is 34.4 Å². The lowest BCUT2D eigenvalue weighted by Gasteiger charge is -2.21. The van der Waals surface area contributed by atoms with Crippen molar-refractivity contribution in [1.82, 2.24) is 14.7 Å². The van der Waals surface area contributed by atoms with E-state index in [2.05, 4.69) is 15.0 Å². The van der Waals surface area contributed by atoms with Crippen molar-refractivity contribution in [2.45, 2.75) is 44.3 Å². The Hall–Kier alpha value is -3.07. The van der Waals surface area contributed by atoms with Gasteiger partial charge in [0.25, 0.3) is 0 Å². The number of fused-ring (bicyclic) bond motifs is 2. The number of carboxylic acids is 1. The van der Waals surface area contributed by atoms with Crippen molar-refractivity contribution in [2.75, 3.05) is 18.0 Å². The number of ether oxygens (including phenoxy) is 1. The zero-order chi connectivity index (χ0) is 26.8. The molecule has 39 heavy (non-hydrogen) atoms. The van der Waals surface area contributed by atoms with E-state index in [1.54, 1.807) is 12.4 Å². The van der Waals surface area contributed by atoms with Crippen LogP contribution >= 0.6 is 23.2 Å². The molecule has 7 rings (SSSR count). The molecular weight excluding hydrogens is 539 g/mol. The lowest BCUT2D eigenvalue weighted by molar-refractivity contribution is 0.0402. The van der Waals surface area contributed by atoms with E-state index >= 15 is 0 Å². The van der Waals surface area contributed by atoms with Gasteiger partial charge in [-0.3, -0.25) is 0 Å². The molecule has 3 aromatic heterocycles. The number of nitrogens with zero attached hydrogens (tertiary/aromatic N) is 4. The van der Waals surface area contributed by atoms with E-state index in [1.165, 1.54) is 0 Å². The van der Waals surface area contributed by atoms with Crippen LogP contribution in [0.2, 0.25) is 10.0 Å². The van der Waals surface area contributed by atoms with Gasteiger partial charge >= 0.3 is 5.97 Å². The van der Waals surface area contributed by atoms with Crippen LogP contribution in [0.3, 0.4) is 0 Å². The Balaban J connectivity index is 1.04. The van der Waals surface area contributed by atoms with Crippen LogP contribution in [0.15, 0.2) is 41.2 Å². The predicted molar refractivity (Wildman–Crippen MR) is 149 cm³/mol. The van der Waals surface area contributed by atoms with Gasteiger partial charge in [0, 0.05) is 61.0 Å². The summed E-state index contributed by atoms with van der Waals surface area (Å²) in [6, 6.07) is 7.47. The Labute approximate surface area is 235 Å². The van der Waals surface area contributed by atoms with Gasteiger partial charge in [-0.05, 0) is 49.7 Å². The third-order valence-electron chi connectivity index (χ3n) is 8.55. The minimum Gasteiger partial charge on any atom is -0.478 e. The van der Waals surface area contributed by atoms with Gasteiger partial charge in [0.1, 0.15) is 17.3 Å². The molecule has 1 unspecified atom stereocenters. The number of benzene rings is 1. The second-order valence-electron chi connectivity index (χ2n) is 11.1. The number of pyridine rings is 1. The van der Waals surface area contributed by atoms with Crippen molar-refractivity contribution < 1.29 is 19.2 Å². The first kappa shape index (κ1) is 24.9. The summed E-state index contributed by atoms with van der Waals surface area (Å²) in [6.07, 6.45) is 7.68. The number of aryl methyl sites for hydroxylation is 1. The van der Waals surface area contributed by atoms with Crippen molar-refractivity contribution in [1.29, 1.82) is 0 Å². The van der Waals surface area contributed by atoms with E-state index in [0.29, 0.717) is 51.0 Å². The summed E-state index contributed by atoms with van der Waals surface area (Å²) in [4.78, 5) is 18.5. The number of carbonyl (C=O) groups is 1. The number of halogens is 2. The smallest absolute Gasteiger partial charge is 0.337 e. The Kier molecular flexibility index (Phi) is 6.10. The average molecular weight is 567 g/mol. The Bertz CT molecular complexity index is 1560. The molecule has 1 saturated heterocycles. The average Bonchev–Trinajstić information content (AvgIpc) is 3.21. The Morgan fingerprint density at radius 1 is 1.18 bits per heavy atom. The van der Waals surface area contributed by atoms with Crippen LogP contribution in [0, 0.1) is 11.8 Å². The fourth-order valence-corrected chi connectivity index (χ4v) is 7.00. The second kappa shape index (κ2) is 9.54. The third-order valence-corrected chi connectivity index (χ3v) is 9.18.